The molecule has 0 radical (unpaired) electrons. The van der Waals surface area contributed by atoms with Crippen molar-refractivity contribution in [3.8, 4) is 0 Å². The molecule has 3 heterocycles. The minimum atomic E-state index is -0.0169. The zero-order chi connectivity index (χ0) is 13.1. The van der Waals surface area contributed by atoms with Gasteiger partial charge in [-0.2, -0.15) is 0 Å². The Bertz CT molecular complexity index is 533. The van der Waals surface area contributed by atoms with Gasteiger partial charge < -0.3 is 14.6 Å². The summed E-state index contributed by atoms with van der Waals surface area (Å²) in [5.41, 5.74) is 1.18. The van der Waals surface area contributed by atoms with Crippen LogP contribution < -0.4 is 5.32 Å². The van der Waals surface area contributed by atoms with Crippen LogP contribution in [0.2, 0.25) is 0 Å². The molecule has 0 saturated carbocycles. The maximum Gasteiger partial charge on any atom is 0.163 e. The molecule has 6 heteroatoms. The molecule has 100 valence electrons. The Kier molecular flexibility index (Phi) is 3.52. The van der Waals surface area contributed by atoms with E-state index in [0.717, 1.165) is 31.3 Å². The molecular weight excluding hydrogens is 242 g/mol. The average Bonchev–Trinajstić information content (AvgIpc) is 2.82. The quantitative estimate of drug-likeness (QED) is 0.878. The number of hydrogen-bond donors (Lipinski definition) is 1. The van der Waals surface area contributed by atoms with Crippen molar-refractivity contribution in [3.05, 3.63) is 41.7 Å². The molecule has 2 aromatic rings. The molecule has 1 aliphatic heterocycles. The summed E-state index contributed by atoms with van der Waals surface area (Å²) in [7, 11) is 0. The number of nitrogens with one attached hydrogen (secondary N) is 1. The minimum Gasteiger partial charge on any atom is -0.368 e. The summed E-state index contributed by atoms with van der Waals surface area (Å²) in [5.74, 6) is 1.79. The Hall–Kier alpha value is -1.79. The van der Waals surface area contributed by atoms with Gasteiger partial charge in [-0.15, -0.1) is 10.2 Å². The highest BCUT2D eigenvalue weighted by atomic mass is 16.5. The van der Waals surface area contributed by atoms with Gasteiger partial charge in [0, 0.05) is 25.5 Å². The Morgan fingerprint density at radius 1 is 1.37 bits per heavy atom. The fraction of sp³-hybridized carbons (Fsp3) is 0.462. The van der Waals surface area contributed by atoms with E-state index in [4.69, 9.17) is 4.74 Å². The summed E-state index contributed by atoms with van der Waals surface area (Å²) in [6.07, 6.45) is 3.58. The lowest BCUT2D eigenvalue weighted by molar-refractivity contribution is 0.0199. The fourth-order valence-electron chi connectivity index (χ4n) is 2.23. The molecular formula is C13H17N5O. The van der Waals surface area contributed by atoms with Crippen molar-refractivity contribution >= 4 is 0 Å². The van der Waals surface area contributed by atoms with Crippen LogP contribution in [0.5, 0.6) is 0 Å². The topological polar surface area (TPSA) is 64.9 Å². The average molecular weight is 259 g/mol. The van der Waals surface area contributed by atoms with Gasteiger partial charge in [-0.25, -0.2) is 0 Å². The van der Waals surface area contributed by atoms with E-state index in [1.807, 2.05) is 19.1 Å². The number of morpholine rings is 1. The van der Waals surface area contributed by atoms with Crippen molar-refractivity contribution in [1.29, 1.82) is 0 Å². The van der Waals surface area contributed by atoms with Crippen molar-refractivity contribution in [2.24, 2.45) is 0 Å². The predicted molar refractivity (Wildman–Crippen MR) is 69.7 cm³/mol. The van der Waals surface area contributed by atoms with Crippen LogP contribution in [-0.2, 0) is 11.3 Å². The first-order chi connectivity index (χ1) is 9.34. The van der Waals surface area contributed by atoms with E-state index in [1.165, 1.54) is 5.56 Å². The number of aromatic nitrogens is 4. The van der Waals surface area contributed by atoms with Crippen LogP contribution in [0.4, 0.5) is 0 Å². The van der Waals surface area contributed by atoms with E-state index in [9.17, 15) is 0 Å². The molecule has 1 N–H and O–H groups in total. The van der Waals surface area contributed by atoms with Crippen LogP contribution >= 0.6 is 0 Å². The number of pyridine rings is 1. The van der Waals surface area contributed by atoms with Crippen LogP contribution in [-0.4, -0.2) is 39.4 Å². The number of aryl methyl sites for hydroxylation is 1. The Morgan fingerprint density at radius 3 is 2.95 bits per heavy atom. The standard InChI is InChI=1S/C13H17N5O/c1-10-16-17-13(12-8-15-6-7-19-12)18(10)9-11-2-4-14-5-3-11/h2-5,12,15H,6-9H2,1H3. The third-order valence-corrected chi connectivity index (χ3v) is 3.27. The van der Waals surface area contributed by atoms with Crippen LogP contribution in [0.15, 0.2) is 24.5 Å². The van der Waals surface area contributed by atoms with Gasteiger partial charge in [-0.3, -0.25) is 4.98 Å². The normalized spacial score (nSPS) is 19.5. The molecule has 0 amide bonds. The second-order valence-electron chi connectivity index (χ2n) is 4.61. The van der Waals surface area contributed by atoms with Crippen molar-refractivity contribution in [1.82, 2.24) is 25.1 Å². The number of ether oxygens (including phenoxy) is 1. The van der Waals surface area contributed by atoms with Crippen LogP contribution in [0.25, 0.3) is 0 Å². The number of hydrogen-bond acceptors (Lipinski definition) is 5. The molecule has 19 heavy (non-hydrogen) atoms. The monoisotopic (exact) mass is 259 g/mol. The molecule has 2 aromatic heterocycles. The largest absolute Gasteiger partial charge is 0.368 e. The molecule has 6 nitrogen and oxygen atoms in total. The second-order valence-corrected chi connectivity index (χ2v) is 4.61. The fourth-order valence-corrected chi connectivity index (χ4v) is 2.23. The van der Waals surface area contributed by atoms with Crippen LogP contribution in [0, 0.1) is 6.92 Å². The maximum absolute atomic E-state index is 5.76. The van der Waals surface area contributed by atoms with Crippen molar-refractivity contribution < 1.29 is 4.74 Å². The zero-order valence-electron chi connectivity index (χ0n) is 10.9. The predicted octanol–water partition coefficient (Wildman–Crippen LogP) is 0.691. The van der Waals surface area contributed by atoms with E-state index in [2.05, 4.69) is 25.1 Å². The van der Waals surface area contributed by atoms with Gasteiger partial charge in [-0.05, 0) is 24.6 Å². The minimum absolute atomic E-state index is 0.0169. The Morgan fingerprint density at radius 2 is 2.21 bits per heavy atom. The molecule has 1 unspecified atom stereocenters. The first-order valence-electron chi connectivity index (χ1n) is 6.45. The summed E-state index contributed by atoms with van der Waals surface area (Å²) < 4.78 is 7.86. The van der Waals surface area contributed by atoms with Gasteiger partial charge in [0.15, 0.2) is 5.82 Å². The molecule has 0 bridgehead atoms. The molecule has 0 spiro atoms. The van der Waals surface area contributed by atoms with Gasteiger partial charge in [0.05, 0.1) is 13.2 Å². The zero-order valence-corrected chi connectivity index (χ0v) is 10.9. The summed E-state index contributed by atoms with van der Waals surface area (Å²) >= 11 is 0. The SMILES string of the molecule is Cc1nnc(C2CNCCO2)n1Cc1ccncc1. The van der Waals surface area contributed by atoms with E-state index >= 15 is 0 Å². The van der Waals surface area contributed by atoms with Gasteiger partial charge in [0.1, 0.15) is 11.9 Å². The second kappa shape index (κ2) is 5.46. The summed E-state index contributed by atoms with van der Waals surface area (Å²) in [4.78, 5) is 4.03. The third-order valence-electron chi connectivity index (χ3n) is 3.27. The summed E-state index contributed by atoms with van der Waals surface area (Å²) in [5, 5.41) is 11.8. The summed E-state index contributed by atoms with van der Waals surface area (Å²) in [6.45, 7) is 5.11. The van der Waals surface area contributed by atoms with E-state index in [0.29, 0.717) is 6.61 Å². The molecule has 3 rings (SSSR count). The number of rotatable bonds is 3. The lowest BCUT2D eigenvalue weighted by atomic mass is 10.2. The van der Waals surface area contributed by atoms with E-state index in [-0.39, 0.29) is 6.10 Å². The molecule has 1 atom stereocenters. The van der Waals surface area contributed by atoms with Gasteiger partial charge in [0.25, 0.3) is 0 Å². The third kappa shape index (κ3) is 2.64. The van der Waals surface area contributed by atoms with Gasteiger partial charge >= 0.3 is 0 Å². The smallest absolute Gasteiger partial charge is 0.163 e. The van der Waals surface area contributed by atoms with E-state index in [1.54, 1.807) is 12.4 Å². The lowest BCUT2D eigenvalue weighted by Crippen LogP contribution is -2.34. The highest BCUT2D eigenvalue weighted by molar-refractivity contribution is 5.13. The first kappa shape index (κ1) is 12.3. The molecule has 0 aliphatic carbocycles. The van der Waals surface area contributed by atoms with Crippen molar-refractivity contribution in [2.75, 3.05) is 19.7 Å². The highest BCUT2D eigenvalue weighted by Gasteiger charge is 2.22. The van der Waals surface area contributed by atoms with Crippen LogP contribution in [0.3, 0.4) is 0 Å². The molecule has 1 aliphatic rings. The van der Waals surface area contributed by atoms with Crippen LogP contribution in [0.1, 0.15) is 23.3 Å². The summed E-state index contributed by atoms with van der Waals surface area (Å²) in [6, 6.07) is 4.01. The van der Waals surface area contributed by atoms with Gasteiger partial charge in [0.2, 0.25) is 0 Å². The van der Waals surface area contributed by atoms with Crippen molar-refractivity contribution in [2.45, 2.75) is 19.6 Å². The lowest BCUT2D eigenvalue weighted by Gasteiger charge is -2.23. The molecule has 1 saturated heterocycles. The molecule has 1 fully saturated rings. The maximum atomic E-state index is 5.76. The first-order valence-corrected chi connectivity index (χ1v) is 6.45. The van der Waals surface area contributed by atoms with Gasteiger partial charge in [-0.1, -0.05) is 0 Å². The Labute approximate surface area is 111 Å². The highest BCUT2D eigenvalue weighted by Crippen LogP contribution is 2.18. The Balaban J connectivity index is 1.86. The van der Waals surface area contributed by atoms with E-state index < -0.39 is 0 Å². The van der Waals surface area contributed by atoms with Crippen molar-refractivity contribution in [3.63, 3.8) is 0 Å². The molecule has 0 aromatic carbocycles. The number of nitrogens with zero attached hydrogens (tertiary/aromatic N) is 4.